The molecule has 0 radical (unpaired) electrons. The van der Waals surface area contributed by atoms with E-state index in [1.54, 1.807) is 11.6 Å². The van der Waals surface area contributed by atoms with Crippen molar-refractivity contribution in [3.8, 4) is 0 Å². The average molecular weight is 638 g/mol. The molecule has 3 atom stereocenters. The molecule has 0 aliphatic rings. The molecule has 0 bridgehead atoms. The van der Waals surface area contributed by atoms with Crippen LogP contribution in [0, 0.1) is 5.92 Å². The average Bonchev–Trinajstić information content (AvgIpc) is 3.57. The lowest BCUT2D eigenvalue weighted by Crippen LogP contribution is -2.51. The maximum absolute atomic E-state index is 13.8. The summed E-state index contributed by atoms with van der Waals surface area (Å²) >= 11 is 1.26. The number of ether oxygens (including phenoxy) is 1. The van der Waals surface area contributed by atoms with Gasteiger partial charge in [0.2, 0.25) is 18.2 Å². The number of aryl methyl sites for hydroxylation is 1. The zero-order valence-corrected chi connectivity index (χ0v) is 26.4. The second kappa shape index (κ2) is 19.9. The van der Waals surface area contributed by atoms with Gasteiger partial charge in [0.15, 0.2) is 5.13 Å². The van der Waals surface area contributed by atoms with Gasteiger partial charge in [-0.1, -0.05) is 74.0 Å². The van der Waals surface area contributed by atoms with Crippen LogP contribution in [-0.4, -0.2) is 58.2 Å². The van der Waals surface area contributed by atoms with E-state index in [9.17, 15) is 24.4 Å². The van der Waals surface area contributed by atoms with Crippen LogP contribution < -0.4 is 16.0 Å². The molecule has 0 fully saturated rings. The van der Waals surface area contributed by atoms with Crippen molar-refractivity contribution in [2.24, 2.45) is 5.92 Å². The zero-order valence-electron chi connectivity index (χ0n) is 25.6. The van der Waals surface area contributed by atoms with Crippen molar-refractivity contribution in [3.05, 3.63) is 83.4 Å². The number of aromatic nitrogens is 1. The van der Waals surface area contributed by atoms with Gasteiger partial charge in [0, 0.05) is 18.1 Å². The molecular formula is C33H43N5O6S. The van der Waals surface area contributed by atoms with Crippen LogP contribution >= 0.6 is 11.3 Å². The van der Waals surface area contributed by atoms with E-state index < -0.39 is 35.9 Å². The first-order chi connectivity index (χ1) is 21.9. The van der Waals surface area contributed by atoms with Crippen LogP contribution in [0.5, 0.6) is 0 Å². The van der Waals surface area contributed by atoms with Crippen LogP contribution in [0.2, 0.25) is 0 Å². The molecule has 4 N–H and O–H groups in total. The van der Waals surface area contributed by atoms with Gasteiger partial charge in [-0.3, -0.25) is 19.6 Å². The topological polar surface area (TPSA) is 150 Å². The van der Waals surface area contributed by atoms with Crippen molar-refractivity contribution in [2.75, 3.05) is 11.9 Å². The summed E-state index contributed by atoms with van der Waals surface area (Å²) in [4.78, 5) is 54.8. The Bertz CT molecular complexity index is 1300. The number of hydroxylamine groups is 2. The highest BCUT2D eigenvalue weighted by Gasteiger charge is 2.33. The highest BCUT2D eigenvalue weighted by atomic mass is 32.1. The molecule has 0 saturated carbocycles. The third kappa shape index (κ3) is 12.7. The van der Waals surface area contributed by atoms with E-state index in [2.05, 4.69) is 20.9 Å². The van der Waals surface area contributed by atoms with Crippen molar-refractivity contribution in [1.29, 1.82) is 0 Å². The van der Waals surface area contributed by atoms with E-state index in [1.165, 1.54) is 11.3 Å². The van der Waals surface area contributed by atoms with Crippen molar-refractivity contribution in [2.45, 2.75) is 77.0 Å². The van der Waals surface area contributed by atoms with Gasteiger partial charge in [0.25, 0.3) is 0 Å². The lowest BCUT2D eigenvalue weighted by Gasteiger charge is -2.31. The number of nitrogens with zero attached hydrogens (tertiary/aromatic N) is 2. The summed E-state index contributed by atoms with van der Waals surface area (Å²) in [7, 11) is 0. The molecule has 12 heteroatoms. The third-order valence-electron chi connectivity index (χ3n) is 7.35. The molecule has 0 aliphatic heterocycles. The van der Waals surface area contributed by atoms with E-state index in [0.717, 1.165) is 17.5 Å². The minimum Gasteiger partial charge on any atom is -0.445 e. The van der Waals surface area contributed by atoms with Crippen LogP contribution in [0.3, 0.4) is 0 Å². The van der Waals surface area contributed by atoms with Crippen LogP contribution in [0.25, 0.3) is 0 Å². The first kappa shape index (κ1) is 35.2. The molecule has 242 valence electrons. The first-order valence-corrected chi connectivity index (χ1v) is 16.2. The summed E-state index contributed by atoms with van der Waals surface area (Å²) in [6, 6.07) is 17.6. The Morgan fingerprint density at radius 3 is 2.31 bits per heavy atom. The molecule has 11 nitrogen and oxygen atoms in total. The smallest absolute Gasteiger partial charge is 0.407 e. The van der Waals surface area contributed by atoms with Gasteiger partial charge < -0.3 is 20.7 Å². The van der Waals surface area contributed by atoms with E-state index >= 15 is 0 Å². The van der Waals surface area contributed by atoms with Gasteiger partial charge in [-0.2, -0.15) is 0 Å². The lowest BCUT2D eigenvalue weighted by molar-refractivity contribution is -0.169. The van der Waals surface area contributed by atoms with Crippen LogP contribution in [-0.2, 0) is 32.1 Å². The number of rotatable bonds is 20. The minimum absolute atomic E-state index is 0.165. The fraction of sp³-hybridized carbons (Fsp3) is 0.424. The summed E-state index contributed by atoms with van der Waals surface area (Å²) in [6.07, 6.45) is 5.58. The number of carbonyl (C=O) groups excluding carboxylic acids is 4. The third-order valence-corrected chi connectivity index (χ3v) is 8.04. The van der Waals surface area contributed by atoms with E-state index in [0.29, 0.717) is 68.1 Å². The van der Waals surface area contributed by atoms with Gasteiger partial charge in [0.1, 0.15) is 12.6 Å². The summed E-state index contributed by atoms with van der Waals surface area (Å²) in [6.45, 7) is 2.42. The molecule has 1 heterocycles. The Hall–Kier alpha value is -4.29. The molecule has 0 spiro atoms. The van der Waals surface area contributed by atoms with Crippen LogP contribution in [0.1, 0.15) is 63.0 Å². The van der Waals surface area contributed by atoms with Gasteiger partial charge in [0.05, 0.1) is 12.0 Å². The first-order valence-electron chi connectivity index (χ1n) is 15.3. The molecule has 1 aromatic heterocycles. The Balaban J connectivity index is 1.61. The molecule has 45 heavy (non-hydrogen) atoms. The Labute approximate surface area is 268 Å². The lowest BCUT2D eigenvalue weighted by atomic mass is 9.88. The Morgan fingerprint density at radius 1 is 0.956 bits per heavy atom. The predicted octanol–water partition coefficient (Wildman–Crippen LogP) is 5.32. The Morgan fingerprint density at radius 2 is 1.67 bits per heavy atom. The van der Waals surface area contributed by atoms with E-state index in [4.69, 9.17) is 4.74 Å². The fourth-order valence-electron chi connectivity index (χ4n) is 5.02. The molecule has 3 aromatic rings. The zero-order chi connectivity index (χ0) is 32.3. The number of alkyl carbamates (subject to hydrolysis) is 1. The summed E-state index contributed by atoms with van der Waals surface area (Å²) in [5, 5.41) is 21.5. The number of carbonyl (C=O) groups is 4. The molecule has 3 rings (SSSR count). The standard InChI is InChI=1S/C33H43N5O6S/c1-2-12-29(38(43)24-39)27(18-11-17-25-13-5-3-6-14-25)30(40)36-28(31(41)37-32-34-21-22-45-32)19-9-10-20-35-33(42)44-23-26-15-7-4-8-16-26/h3-8,13-16,21-22,24,27-29,43H,2,9-12,17-20,23H2,1H3,(H,35,42)(H,36,40)(H,34,37,41)/t27-,28+,29+/m1/s1. The highest BCUT2D eigenvalue weighted by Crippen LogP contribution is 2.23. The minimum atomic E-state index is -0.895. The van der Waals surface area contributed by atoms with E-state index in [1.807, 2.05) is 67.6 Å². The molecule has 4 amide bonds. The van der Waals surface area contributed by atoms with Crippen molar-refractivity contribution in [1.82, 2.24) is 20.7 Å². The predicted molar refractivity (Wildman–Crippen MR) is 172 cm³/mol. The van der Waals surface area contributed by atoms with Gasteiger partial charge in [-0.05, 0) is 56.1 Å². The number of amides is 4. The molecule has 2 aromatic carbocycles. The van der Waals surface area contributed by atoms with Gasteiger partial charge in [-0.25, -0.2) is 14.8 Å². The number of thiazole rings is 1. The maximum Gasteiger partial charge on any atom is 0.407 e. The summed E-state index contributed by atoms with van der Waals surface area (Å²) in [5.41, 5.74) is 2.01. The Kier molecular flexibility index (Phi) is 15.5. The quantitative estimate of drug-likeness (QED) is 0.0567. The monoisotopic (exact) mass is 637 g/mol. The molecule has 0 unspecified atom stereocenters. The second-order valence-electron chi connectivity index (χ2n) is 10.7. The summed E-state index contributed by atoms with van der Waals surface area (Å²) in [5.74, 6) is -1.57. The second-order valence-corrected chi connectivity index (χ2v) is 11.6. The fourth-order valence-corrected chi connectivity index (χ4v) is 5.56. The van der Waals surface area contributed by atoms with Crippen molar-refractivity contribution >= 4 is 40.8 Å². The van der Waals surface area contributed by atoms with Crippen molar-refractivity contribution in [3.63, 3.8) is 0 Å². The number of anilines is 1. The van der Waals surface area contributed by atoms with Crippen LogP contribution in [0.15, 0.2) is 72.2 Å². The van der Waals surface area contributed by atoms with Crippen molar-refractivity contribution < 1.29 is 29.1 Å². The van der Waals surface area contributed by atoms with Crippen LogP contribution in [0.4, 0.5) is 9.93 Å². The van der Waals surface area contributed by atoms with Gasteiger partial charge >= 0.3 is 6.09 Å². The van der Waals surface area contributed by atoms with Gasteiger partial charge in [-0.15, -0.1) is 11.3 Å². The number of nitrogens with one attached hydrogen (secondary N) is 3. The SMILES string of the molecule is CCC[C@@H]([C@@H](CCCc1ccccc1)C(=O)N[C@@H](CCCCNC(=O)OCc1ccccc1)C(=O)Nc1nccs1)N(O)C=O. The molecule has 0 saturated heterocycles. The number of benzene rings is 2. The maximum atomic E-state index is 13.8. The number of hydrogen-bond donors (Lipinski definition) is 4. The number of hydrogen-bond acceptors (Lipinski definition) is 8. The summed E-state index contributed by atoms with van der Waals surface area (Å²) < 4.78 is 5.24. The molecule has 0 aliphatic carbocycles. The molecular weight excluding hydrogens is 594 g/mol. The highest BCUT2D eigenvalue weighted by molar-refractivity contribution is 7.13. The number of unbranched alkanes of at least 4 members (excludes halogenated alkanes) is 1. The normalized spacial score (nSPS) is 12.8. The van der Waals surface area contributed by atoms with E-state index in [-0.39, 0.29) is 6.61 Å². The largest absolute Gasteiger partial charge is 0.445 e.